The van der Waals surface area contributed by atoms with Gasteiger partial charge in [0.2, 0.25) is 0 Å². The van der Waals surface area contributed by atoms with Crippen LogP contribution >= 0.6 is 0 Å². The highest BCUT2D eigenvalue weighted by atomic mass is 19.1. The Morgan fingerprint density at radius 2 is 2.39 bits per heavy atom. The largest absolute Gasteiger partial charge is 0.489 e. The first-order chi connectivity index (χ1) is 8.83. The van der Waals surface area contributed by atoms with Crippen LogP contribution in [0.25, 0.3) is 0 Å². The third-order valence-corrected chi connectivity index (χ3v) is 3.76. The molecular formula is C14H19FN2O. The van der Waals surface area contributed by atoms with Crippen LogP contribution in [0.5, 0.6) is 5.75 Å². The molecule has 4 heteroatoms. The highest BCUT2D eigenvalue weighted by Gasteiger charge is 2.22. The first-order valence-electron chi connectivity index (χ1n) is 6.71. The van der Waals surface area contributed by atoms with Crippen molar-refractivity contribution in [2.75, 3.05) is 37.7 Å². The third kappa shape index (κ3) is 2.43. The van der Waals surface area contributed by atoms with E-state index >= 15 is 0 Å². The molecule has 18 heavy (non-hydrogen) atoms. The van der Waals surface area contributed by atoms with Crippen molar-refractivity contribution in [2.45, 2.75) is 12.8 Å². The standard InChI is InChI=1S/C14H19FN2O/c15-12-3-4-13-14(8-12)18-7-6-17(13)10-11-2-1-5-16-9-11/h3-4,8,11,16H,1-2,5-7,9-10H2. The first kappa shape index (κ1) is 11.8. The molecule has 0 aromatic heterocycles. The molecule has 1 aromatic carbocycles. The molecule has 1 fully saturated rings. The lowest BCUT2D eigenvalue weighted by Crippen LogP contribution is -2.41. The lowest BCUT2D eigenvalue weighted by atomic mass is 9.98. The van der Waals surface area contributed by atoms with Crippen LogP contribution in [-0.4, -0.2) is 32.8 Å². The van der Waals surface area contributed by atoms with Gasteiger partial charge in [-0.25, -0.2) is 4.39 Å². The van der Waals surface area contributed by atoms with Crippen molar-refractivity contribution in [1.82, 2.24) is 5.32 Å². The number of piperidine rings is 1. The number of rotatable bonds is 2. The molecule has 0 amide bonds. The number of halogens is 1. The van der Waals surface area contributed by atoms with E-state index in [-0.39, 0.29) is 5.82 Å². The monoisotopic (exact) mass is 250 g/mol. The molecule has 1 aromatic rings. The maximum absolute atomic E-state index is 13.2. The van der Waals surface area contributed by atoms with Crippen LogP contribution in [0, 0.1) is 11.7 Å². The summed E-state index contributed by atoms with van der Waals surface area (Å²) >= 11 is 0. The fraction of sp³-hybridized carbons (Fsp3) is 0.571. The number of nitrogens with one attached hydrogen (secondary N) is 1. The normalized spacial score (nSPS) is 23.4. The lowest BCUT2D eigenvalue weighted by molar-refractivity contribution is 0.294. The fourth-order valence-corrected chi connectivity index (χ4v) is 2.83. The van der Waals surface area contributed by atoms with Crippen LogP contribution in [0.15, 0.2) is 18.2 Å². The van der Waals surface area contributed by atoms with Gasteiger partial charge in [0, 0.05) is 12.6 Å². The molecule has 0 spiro atoms. The smallest absolute Gasteiger partial charge is 0.145 e. The Hall–Kier alpha value is -1.29. The van der Waals surface area contributed by atoms with Crippen LogP contribution in [0.1, 0.15) is 12.8 Å². The number of ether oxygens (including phenoxy) is 1. The van der Waals surface area contributed by atoms with Crippen molar-refractivity contribution in [3.8, 4) is 5.75 Å². The Balaban J connectivity index is 1.74. The number of nitrogens with zero attached hydrogens (tertiary/aromatic N) is 1. The van der Waals surface area contributed by atoms with Gasteiger partial charge in [-0.05, 0) is 44.0 Å². The van der Waals surface area contributed by atoms with E-state index < -0.39 is 0 Å². The molecule has 0 bridgehead atoms. The van der Waals surface area contributed by atoms with Crippen molar-refractivity contribution in [3.63, 3.8) is 0 Å². The Morgan fingerprint density at radius 3 is 3.22 bits per heavy atom. The van der Waals surface area contributed by atoms with E-state index in [0.717, 1.165) is 31.9 Å². The molecule has 2 aliphatic rings. The Kier molecular flexibility index (Phi) is 3.37. The minimum atomic E-state index is -0.227. The Bertz CT molecular complexity index is 418. The van der Waals surface area contributed by atoms with Crippen LogP contribution in [0.3, 0.4) is 0 Å². The summed E-state index contributed by atoms with van der Waals surface area (Å²) in [4.78, 5) is 2.33. The van der Waals surface area contributed by atoms with Gasteiger partial charge in [-0.15, -0.1) is 0 Å². The molecule has 1 N–H and O–H groups in total. The maximum atomic E-state index is 13.2. The zero-order chi connectivity index (χ0) is 12.4. The van der Waals surface area contributed by atoms with Crippen molar-refractivity contribution in [1.29, 1.82) is 0 Å². The molecule has 3 rings (SSSR count). The summed E-state index contributed by atoms with van der Waals surface area (Å²) in [5.74, 6) is 1.15. The molecule has 1 unspecified atom stereocenters. The topological polar surface area (TPSA) is 24.5 Å². The Morgan fingerprint density at radius 1 is 1.44 bits per heavy atom. The van der Waals surface area contributed by atoms with E-state index in [1.165, 1.54) is 25.0 Å². The van der Waals surface area contributed by atoms with Gasteiger partial charge in [0.15, 0.2) is 0 Å². The summed E-state index contributed by atoms with van der Waals surface area (Å²) in [6.07, 6.45) is 2.53. The number of fused-ring (bicyclic) bond motifs is 1. The van der Waals surface area contributed by atoms with E-state index in [4.69, 9.17) is 4.74 Å². The molecule has 1 atom stereocenters. The summed E-state index contributed by atoms with van der Waals surface area (Å²) in [7, 11) is 0. The molecule has 0 radical (unpaired) electrons. The summed E-state index contributed by atoms with van der Waals surface area (Å²) in [6, 6.07) is 4.83. The molecule has 1 saturated heterocycles. The second kappa shape index (κ2) is 5.14. The van der Waals surface area contributed by atoms with Crippen LogP contribution in [0.2, 0.25) is 0 Å². The summed E-state index contributed by atoms with van der Waals surface area (Å²) in [5.41, 5.74) is 1.04. The minimum Gasteiger partial charge on any atom is -0.489 e. The predicted octanol–water partition coefficient (Wildman–Crippen LogP) is 2.02. The molecule has 0 aliphatic carbocycles. The molecule has 0 saturated carbocycles. The average Bonchev–Trinajstić information content (AvgIpc) is 2.40. The van der Waals surface area contributed by atoms with Gasteiger partial charge in [0.05, 0.1) is 12.2 Å². The zero-order valence-electron chi connectivity index (χ0n) is 10.5. The van der Waals surface area contributed by atoms with Gasteiger partial charge in [-0.2, -0.15) is 0 Å². The second-order valence-electron chi connectivity index (χ2n) is 5.12. The minimum absolute atomic E-state index is 0.227. The first-order valence-corrected chi connectivity index (χ1v) is 6.71. The van der Waals surface area contributed by atoms with E-state index in [2.05, 4.69) is 10.2 Å². The average molecular weight is 250 g/mol. The van der Waals surface area contributed by atoms with E-state index in [9.17, 15) is 4.39 Å². The van der Waals surface area contributed by atoms with Gasteiger partial charge in [-0.3, -0.25) is 0 Å². The summed E-state index contributed by atoms with van der Waals surface area (Å²) in [6.45, 7) is 4.82. The number of hydrogen-bond acceptors (Lipinski definition) is 3. The van der Waals surface area contributed by atoms with Gasteiger partial charge in [-0.1, -0.05) is 0 Å². The highest BCUT2D eigenvalue weighted by molar-refractivity contribution is 5.60. The van der Waals surface area contributed by atoms with Gasteiger partial charge >= 0.3 is 0 Å². The molecule has 3 nitrogen and oxygen atoms in total. The van der Waals surface area contributed by atoms with Gasteiger partial charge in [0.25, 0.3) is 0 Å². The molecular weight excluding hydrogens is 231 g/mol. The molecule has 2 aliphatic heterocycles. The highest BCUT2D eigenvalue weighted by Crippen LogP contribution is 2.32. The zero-order valence-corrected chi connectivity index (χ0v) is 10.5. The van der Waals surface area contributed by atoms with Gasteiger partial charge < -0.3 is 15.0 Å². The van der Waals surface area contributed by atoms with Crippen LogP contribution in [0.4, 0.5) is 10.1 Å². The number of anilines is 1. The summed E-state index contributed by atoms with van der Waals surface area (Å²) < 4.78 is 18.7. The van der Waals surface area contributed by atoms with Crippen molar-refractivity contribution in [2.24, 2.45) is 5.92 Å². The van der Waals surface area contributed by atoms with Crippen LogP contribution < -0.4 is 15.0 Å². The SMILES string of the molecule is Fc1ccc2c(c1)OCCN2CC1CCCNC1. The van der Waals surface area contributed by atoms with E-state index in [0.29, 0.717) is 18.3 Å². The third-order valence-electron chi connectivity index (χ3n) is 3.76. The Labute approximate surface area is 107 Å². The van der Waals surface area contributed by atoms with E-state index in [1.807, 2.05) is 6.07 Å². The van der Waals surface area contributed by atoms with E-state index in [1.54, 1.807) is 0 Å². The fourth-order valence-electron chi connectivity index (χ4n) is 2.83. The molecule has 98 valence electrons. The van der Waals surface area contributed by atoms with Crippen molar-refractivity contribution < 1.29 is 9.13 Å². The lowest BCUT2D eigenvalue weighted by Gasteiger charge is -2.35. The predicted molar refractivity (Wildman–Crippen MR) is 69.7 cm³/mol. The van der Waals surface area contributed by atoms with Crippen molar-refractivity contribution in [3.05, 3.63) is 24.0 Å². The summed E-state index contributed by atoms with van der Waals surface area (Å²) in [5, 5.41) is 3.44. The number of hydrogen-bond donors (Lipinski definition) is 1. The maximum Gasteiger partial charge on any atom is 0.145 e. The quantitative estimate of drug-likeness (QED) is 0.869. The van der Waals surface area contributed by atoms with Crippen LogP contribution in [-0.2, 0) is 0 Å². The second-order valence-corrected chi connectivity index (χ2v) is 5.12. The van der Waals surface area contributed by atoms with Gasteiger partial charge in [0.1, 0.15) is 18.2 Å². The molecule has 2 heterocycles. The van der Waals surface area contributed by atoms with Crippen molar-refractivity contribution >= 4 is 5.69 Å². The number of benzene rings is 1.